The van der Waals surface area contributed by atoms with Crippen molar-refractivity contribution in [1.29, 1.82) is 0 Å². The standard InChI is InChI=1S/C26H22ClFO5S/c1-3-22(23-14-11-20(28)16-24(23)27)26(19-9-6-18(7-10-19)8-15-25(29)30)33-34(31,32)21-12-4-17(2)5-13-21/h4-16H,3H2,1-2H3,(H,29,30)/b15-8+,26-22+. The lowest BCUT2D eigenvalue weighted by molar-refractivity contribution is -0.131. The molecule has 1 N–H and O–H groups in total. The van der Waals surface area contributed by atoms with Gasteiger partial charge in [-0.1, -0.05) is 66.6 Å². The van der Waals surface area contributed by atoms with Crippen molar-refractivity contribution in [3.05, 3.63) is 106 Å². The summed E-state index contributed by atoms with van der Waals surface area (Å²) in [5.74, 6) is -1.56. The minimum atomic E-state index is -4.21. The SMILES string of the molecule is CC/C(=C(\OS(=O)(=O)c1ccc(C)cc1)c1ccc(/C=C/C(=O)O)cc1)c1ccc(F)cc1Cl. The first-order chi connectivity index (χ1) is 16.1. The molecule has 0 aliphatic rings. The minimum Gasteiger partial charge on any atom is -0.478 e. The molecule has 34 heavy (non-hydrogen) atoms. The Hall–Kier alpha value is -3.42. The van der Waals surface area contributed by atoms with Gasteiger partial charge < -0.3 is 9.29 Å². The molecule has 0 saturated heterocycles. The molecule has 0 spiro atoms. The van der Waals surface area contributed by atoms with E-state index in [-0.39, 0.29) is 15.7 Å². The Morgan fingerprint density at radius 1 is 1.06 bits per heavy atom. The van der Waals surface area contributed by atoms with Gasteiger partial charge in [-0.2, -0.15) is 8.42 Å². The van der Waals surface area contributed by atoms with Crippen LogP contribution in [0.5, 0.6) is 0 Å². The molecule has 3 rings (SSSR count). The molecule has 0 bridgehead atoms. The third-order valence-corrected chi connectivity index (χ3v) is 6.53. The highest BCUT2D eigenvalue weighted by molar-refractivity contribution is 7.87. The molecule has 0 saturated carbocycles. The van der Waals surface area contributed by atoms with Crippen LogP contribution in [0.25, 0.3) is 17.4 Å². The molecular formula is C26H22ClFO5S. The number of carbonyl (C=O) groups is 1. The van der Waals surface area contributed by atoms with Crippen LogP contribution in [-0.4, -0.2) is 19.5 Å². The molecule has 0 heterocycles. The number of benzene rings is 3. The average molecular weight is 501 g/mol. The third-order valence-electron chi connectivity index (χ3n) is 4.98. The molecule has 0 aliphatic heterocycles. The van der Waals surface area contributed by atoms with Gasteiger partial charge in [0.1, 0.15) is 10.7 Å². The van der Waals surface area contributed by atoms with Crippen molar-refractivity contribution in [3.8, 4) is 0 Å². The highest BCUT2D eigenvalue weighted by atomic mass is 35.5. The molecule has 3 aromatic rings. The van der Waals surface area contributed by atoms with Crippen LogP contribution in [0.4, 0.5) is 4.39 Å². The largest absolute Gasteiger partial charge is 0.478 e. The summed E-state index contributed by atoms with van der Waals surface area (Å²) >= 11 is 6.29. The number of allylic oxidation sites excluding steroid dienone is 1. The maximum atomic E-state index is 13.7. The summed E-state index contributed by atoms with van der Waals surface area (Å²) < 4.78 is 45.6. The fourth-order valence-corrected chi connectivity index (χ4v) is 4.52. The van der Waals surface area contributed by atoms with Crippen LogP contribution in [0.3, 0.4) is 0 Å². The Labute approximate surface area is 202 Å². The number of aryl methyl sites for hydroxylation is 1. The van der Waals surface area contributed by atoms with Gasteiger partial charge in [0, 0.05) is 22.8 Å². The van der Waals surface area contributed by atoms with Crippen molar-refractivity contribution >= 4 is 45.1 Å². The van der Waals surface area contributed by atoms with Gasteiger partial charge >= 0.3 is 16.1 Å². The second kappa shape index (κ2) is 10.7. The fraction of sp³-hybridized carbons (Fsp3) is 0.115. The number of aliphatic carboxylic acids is 1. The van der Waals surface area contributed by atoms with E-state index >= 15 is 0 Å². The summed E-state index contributed by atoms with van der Waals surface area (Å²) in [5.41, 5.74) is 2.83. The predicted molar refractivity (Wildman–Crippen MR) is 131 cm³/mol. The summed E-state index contributed by atoms with van der Waals surface area (Å²) in [5, 5.41) is 8.94. The topological polar surface area (TPSA) is 80.7 Å². The second-order valence-electron chi connectivity index (χ2n) is 7.43. The maximum Gasteiger partial charge on any atom is 0.339 e. The highest BCUT2D eigenvalue weighted by Gasteiger charge is 2.23. The van der Waals surface area contributed by atoms with Crippen molar-refractivity contribution in [3.63, 3.8) is 0 Å². The first kappa shape index (κ1) is 25.2. The molecule has 0 radical (unpaired) electrons. The van der Waals surface area contributed by atoms with Gasteiger partial charge in [0.25, 0.3) is 0 Å². The van der Waals surface area contributed by atoms with Crippen LogP contribution >= 0.6 is 11.6 Å². The van der Waals surface area contributed by atoms with Gasteiger partial charge in [-0.3, -0.25) is 0 Å². The van der Waals surface area contributed by atoms with Crippen molar-refractivity contribution in [2.75, 3.05) is 0 Å². The van der Waals surface area contributed by atoms with Gasteiger partial charge in [-0.25, -0.2) is 9.18 Å². The zero-order valence-electron chi connectivity index (χ0n) is 18.5. The summed E-state index contributed by atoms with van der Waals surface area (Å²) in [6.45, 7) is 3.65. The number of carboxylic acids is 1. The second-order valence-corrected chi connectivity index (χ2v) is 9.38. The van der Waals surface area contributed by atoms with E-state index in [4.69, 9.17) is 20.9 Å². The molecule has 0 atom stereocenters. The van der Waals surface area contributed by atoms with E-state index in [0.29, 0.717) is 28.7 Å². The number of rotatable bonds is 8. The highest BCUT2D eigenvalue weighted by Crippen LogP contribution is 2.36. The Balaban J connectivity index is 2.17. The molecule has 0 unspecified atom stereocenters. The van der Waals surface area contributed by atoms with Gasteiger partial charge in [0.05, 0.1) is 5.02 Å². The molecule has 0 aromatic heterocycles. The quantitative estimate of drug-likeness (QED) is 0.164. The third kappa shape index (κ3) is 6.12. The smallest absolute Gasteiger partial charge is 0.339 e. The monoisotopic (exact) mass is 500 g/mol. The van der Waals surface area contributed by atoms with Crippen LogP contribution in [0.15, 0.2) is 77.7 Å². The van der Waals surface area contributed by atoms with Gasteiger partial charge in [-0.05, 0) is 49.2 Å². The number of carboxylic acid groups (broad SMARTS) is 1. The summed E-state index contributed by atoms with van der Waals surface area (Å²) in [4.78, 5) is 10.8. The Morgan fingerprint density at radius 3 is 2.26 bits per heavy atom. The van der Waals surface area contributed by atoms with Crippen molar-refractivity contribution in [2.24, 2.45) is 0 Å². The van der Waals surface area contributed by atoms with Crippen LogP contribution in [-0.2, 0) is 19.1 Å². The first-order valence-corrected chi connectivity index (χ1v) is 12.1. The first-order valence-electron chi connectivity index (χ1n) is 10.3. The fourth-order valence-electron chi connectivity index (χ4n) is 3.26. The minimum absolute atomic E-state index is 0.0164. The van der Waals surface area contributed by atoms with Crippen LogP contribution in [0.1, 0.15) is 35.6 Å². The Kier molecular flexibility index (Phi) is 7.91. The van der Waals surface area contributed by atoms with Crippen molar-refractivity contribution in [2.45, 2.75) is 25.2 Å². The van der Waals surface area contributed by atoms with E-state index in [1.54, 1.807) is 43.3 Å². The number of halogens is 2. The van der Waals surface area contributed by atoms with Crippen LogP contribution < -0.4 is 0 Å². The molecule has 0 aliphatic carbocycles. The zero-order valence-corrected chi connectivity index (χ0v) is 20.0. The molecule has 8 heteroatoms. The van der Waals surface area contributed by atoms with E-state index in [2.05, 4.69) is 0 Å². The van der Waals surface area contributed by atoms with E-state index in [9.17, 15) is 17.6 Å². The molecule has 0 fully saturated rings. The molecule has 0 amide bonds. The van der Waals surface area contributed by atoms with Crippen LogP contribution in [0.2, 0.25) is 5.02 Å². The van der Waals surface area contributed by atoms with Gasteiger partial charge in [0.15, 0.2) is 5.76 Å². The van der Waals surface area contributed by atoms with Gasteiger partial charge in [0.2, 0.25) is 0 Å². The lowest BCUT2D eigenvalue weighted by atomic mass is 9.98. The summed E-state index contributed by atoms with van der Waals surface area (Å²) in [6, 6.07) is 16.6. The molecule has 5 nitrogen and oxygen atoms in total. The van der Waals surface area contributed by atoms with Gasteiger partial charge in [-0.15, -0.1) is 0 Å². The van der Waals surface area contributed by atoms with E-state index < -0.39 is 21.9 Å². The predicted octanol–water partition coefficient (Wildman–Crippen LogP) is 6.57. The molecule has 3 aromatic carbocycles. The summed E-state index contributed by atoms with van der Waals surface area (Å²) in [6.07, 6.45) is 2.75. The van der Waals surface area contributed by atoms with Crippen LogP contribution in [0, 0.1) is 12.7 Å². The molecular weight excluding hydrogens is 479 g/mol. The zero-order chi connectivity index (χ0) is 24.9. The maximum absolute atomic E-state index is 13.7. The summed E-state index contributed by atoms with van der Waals surface area (Å²) in [7, 11) is -4.21. The van der Waals surface area contributed by atoms with Crippen molar-refractivity contribution < 1.29 is 26.9 Å². The van der Waals surface area contributed by atoms with E-state index in [0.717, 1.165) is 17.7 Å². The van der Waals surface area contributed by atoms with E-state index in [1.807, 2.05) is 6.92 Å². The van der Waals surface area contributed by atoms with Crippen molar-refractivity contribution in [1.82, 2.24) is 0 Å². The number of hydrogen-bond donors (Lipinski definition) is 1. The average Bonchev–Trinajstić information content (AvgIpc) is 2.79. The molecule has 176 valence electrons. The lowest BCUT2D eigenvalue weighted by Gasteiger charge is -2.17. The lowest BCUT2D eigenvalue weighted by Crippen LogP contribution is -2.08. The Bertz CT molecular complexity index is 1360. The Morgan fingerprint density at radius 2 is 1.71 bits per heavy atom. The normalized spacial score (nSPS) is 12.5. The van der Waals surface area contributed by atoms with E-state index in [1.165, 1.54) is 30.3 Å². The number of hydrogen-bond acceptors (Lipinski definition) is 4.